The Morgan fingerprint density at radius 1 is 1.07 bits per heavy atom. The van der Waals surface area contributed by atoms with E-state index in [1.54, 1.807) is 0 Å². The molecule has 0 bridgehead atoms. The van der Waals surface area contributed by atoms with Gasteiger partial charge in [-0.1, -0.05) is 0 Å². The average molecular weight is 244 g/mol. The van der Waals surface area contributed by atoms with Gasteiger partial charge in [0.05, 0.1) is 4.90 Å². The Labute approximate surface area is 152 Å². The van der Waals surface area contributed by atoms with E-state index in [4.69, 9.17) is 5.11 Å². The molecule has 1 aromatic carbocycles. The van der Waals surface area contributed by atoms with Gasteiger partial charge in [-0.3, -0.25) is 0 Å². The maximum atomic E-state index is 10.3. The second kappa shape index (κ2) is 9.01. The summed E-state index contributed by atoms with van der Waals surface area (Å²) in [6.07, 6.45) is 0. The van der Waals surface area contributed by atoms with Gasteiger partial charge in [0.25, 0.3) is 0 Å². The predicted octanol–water partition coefficient (Wildman–Crippen LogP) is -8.47. The molecule has 0 heterocycles. The molecular formula is C6H7Na3O4S. The van der Waals surface area contributed by atoms with E-state index in [1.165, 1.54) is 0 Å². The van der Waals surface area contributed by atoms with E-state index < -0.39 is 10.1 Å². The summed E-state index contributed by atoms with van der Waals surface area (Å²) in [5, 5.41) is 8.73. The summed E-state index contributed by atoms with van der Waals surface area (Å²) in [6.45, 7) is 0. The summed E-state index contributed by atoms with van der Waals surface area (Å²) in [6, 6.07) is 4.39. The van der Waals surface area contributed by atoms with Gasteiger partial charge in [-0.05, 0) is 24.3 Å². The van der Waals surface area contributed by atoms with Crippen LogP contribution < -0.4 is 88.7 Å². The number of benzene rings is 1. The third kappa shape index (κ3) is 7.24. The van der Waals surface area contributed by atoms with Crippen LogP contribution in [0.15, 0.2) is 29.2 Å². The Morgan fingerprint density at radius 2 is 1.43 bits per heavy atom. The van der Waals surface area contributed by atoms with E-state index in [0.717, 1.165) is 24.3 Å². The van der Waals surface area contributed by atoms with Gasteiger partial charge in [0.1, 0.15) is 15.9 Å². The van der Waals surface area contributed by atoms with Crippen LogP contribution in [0.4, 0.5) is 0 Å². The molecule has 8 heteroatoms. The molecule has 0 aliphatic heterocycles. The zero-order valence-electron chi connectivity index (χ0n) is 10.4. The molecule has 0 aliphatic carbocycles. The molecular weight excluding hydrogens is 237 g/mol. The topological polar surface area (TPSA) is 77.4 Å². The largest absolute Gasteiger partial charge is 1.00 e. The van der Waals surface area contributed by atoms with Crippen LogP contribution >= 0.6 is 0 Å². The van der Waals surface area contributed by atoms with E-state index in [9.17, 15) is 13.0 Å². The Bertz CT molecular complexity index is 357. The van der Waals surface area contributed by atoms with Crippen molar-refractivity contribution in [1.29, 1.82) is 0 Å². The molecule has 0 spiro atoms. The molecule has 14 heavy (non-hydrogen) atoms. The van der Waals surface area contributed by atoms with Crippen molar-refractivity contribution in [3.05, 3.63) is 24.3 Å². The van der Waals surface area contributed by atoms with Crippen LogP contribution in [0, 0.1) is 0 Å². The van der Waals surface area contributed by atoms with E-state index in [-0.39, 0.29) is 102 Å². The van der Waals surface area contributed by atoms with Gasteiger partial charge in [0, 0.05) is 0 Å². The van der Waals surface area contributed by atoms with E-state index >= 15 is 0 Å². The fraction of sp³-hybridized carbons (Fsp3) is 0. The van der Waals surface area contributed by atoms with Crippen LogP contribution in [0.25, 0.3) is 0 Å². The van der Waals surface area contributed by atoms with Crippen molar-refractivity contribution in [3.63, 3.8) is 0 Å². The Balaban J connectivity index is -0.0000000807. The summed E-state index contributed by atoms with van der Waals surface area (Å²) >= 11 is 0. The van der Waals surface area contributed by atoms with Crippen LogP contribution in [0.2, 0.25) is 0 Å². The molecule has 4 nitrogen and oxygen atoms in total. The molecule has 0 unspecified atom stereocenters. The number of phenolic OH excluding ortho intramolecular Hbond substituents is 1. The molecule has 1 N–H and O–H groups in total. The summed E-state index contributed by atoms with van der Waals surface area (Å²) < 4.78 is 30.9. The predicted molar refractivity (Wildman–Crippen MR) is 38.3 cm³/mol. The third-order valence-electron chi connectivity index (χ3n) is 1.13. The summed E-state index contributed by atoms with van der Waals surface area (Å²) in [5.41, 5.74) is 0. The zero-order chi connectivity index (χ0) is 8.48. The standard InChI is InChI=1S/C6H6O4S.3Na.2H/c7-5-1-3-6(4-2-5)11(8,9)10;;;;;/h1-4,7H,(H,8,9,10);;;;;/q;3*+1;2*-1/p-1. The third-order valence-corrected chi connectivity index (χ3v) is 1.97. The molecule has 0 atom stereocenters. The maximum Gasteiger partial charge on any atom is 1.00 e. The van der Waals surface area contributed by atoms with Gasteiger partial charge in [0.15, 0.2) is 0 Å². The van der Waals surface area contributed by atoms with Gasteiger partial charge in [-0.2, -0.15) is 0 Å². The second-order valence-electron chi connectivity index (χ2n) is 1.95. The van der Waals surface area contributed by atoms with E-state index in [1.807, 2.05) is 0 Å². The van der Waals surface area contributed by atoms with Crippen molar-refractivity contribution in [3.8, 4) is 5.75 Å². The van der Waals surface area contributed by atoms with Crippen molar-refractivity contribution in [2.24, 2.45) is 0 Å². The zero-order valence-corrected chi connectivity index (χ0v) is 15.2. The minimum Gasteiger partial charge on any atom is -1.00 e. The van der Waals surface area contributed by atoms with Crippen LogP contribution in [0.3, 0.4) is 0 Å². The molecule has 1 rings (SSSR count). The van der Waals surface area contributed by atoms with E-state index in [0.29, 0.717) is 0 Å². The summed E-state index contributed by atoms with van der Waals surface area (Å²) in [5.74, 6) is -0.0719. The van der Waals surface area contributed by atoms with Gasteiger partial charge >= 0.3 is 88.7 Å². The van der Waals surface area contributed by atoms with Crippen molar-refractivity contribution in [1.82, 2.24) is 0 Å². The SMILES string of the molecule is O=S(=O)([O-])c1ccc(O)cc1.[H-].[H-].[Na+].[Na+].[Na+]. The van der Waals surface area contributed by atoms with Crippen molar-refractivity contribution in [2.75, 3.05) is 0 Å². The number of hydrogen-bond acceptors (Lipinski definition) is 4. The van der Waals surface area contributed by atoms with Gasteiger partial charge in [-0.25, -0.2) is 8.42 Å². The van der Waals surface area contributed by atoms with E-state index in [2.05, 4.69) is 0 Å². The fourth-order valence-corrected chi connectivity index (χ4v) is 1.08. The first-order valence-corrected chi connectivity index (χ1v) is 4.16. The van der Waals surface area contributed by atoms with Crippen molar-refractivity contribution in [2.45, 2.75) is 4.90 Å². The number of hydrogen-bond donors (Lipinski definition) is 1. The number of rotatable bonds is 1. The van der Waals surface area contributed by atoms with Crippen LogP contribution in [0.1, 0.15) is 2.85 Å². The van der Waals surface area contributed by atoms with Crippen LogP contribution in [-0.4, -0.2) is 18.1 Å². The van der Waals surface area contributed by atoms with Crippen molar-refractivity contribution < 1.29 is 110 Å². The summed E-state index contributed by atoms with van der Waals surface area (Å²) in [7, 11) is -4.38. The van der Waals surface area contributed by atoms with Crippen LogP contribution in [-0.2, 0) is 10.1 Å². The monoisotopic (exact) mass is 244 g/mol. The first kappa shape index (κ1) is 21.2. The van der Waals surface area contributed by atoms with Crippen LogP contribution in [0.5, 0.6) is 5.75 Å². The average Bonchev–Trinajstić information content (AvgIpc) is 1.86. The Morgan fingerprint density at radius 3 is 1.71 bits per heavy atom. The normalized spacial score (nSPS) is 8.93. The molecule has 0 saturated carbocycles. The van der Waals surface area contributed by atoms with Gasteiger partial charge in [-0.15, -0.1) is 0 Å². The molecule has 64 valence electrons. The van der Waals surface area contributed by atoms with Gasteiger partial charge < -0.3 is 12.5 Å². The molecule has 0 amide bonds. The molecule has 0 fully saturated rings. The first-order valence-electron chi connectivity index (χ1n) is 2.75. The quantitative estimate of drug-likeness (QED) is 0.393. The molecule has 0 aromatic heterocycles. The number of aromatic hydroxyl groups is 1. The molecule has 1 aromatic rings. The minimum atomic E-state index is -4.38. The van der Waals surface area contributed by atoms with Crippen molar-refractivity contribution >= 4 is 10.1 Å². The second-order valence-corrected chi connectivity index (χ2v) is 3.33. The smallest absolute Gasteiger partial charge is 1.00 e. The Kier molecular flexibility index (Phi) is 13.7. The minimum absolute atomic E-state index is 0. The fourth-order valence-electron chi connectivity index (χ4n) is 0.613. The Hall–Kier alpha value is 1.93. The molecule has 0 saturated heterocycles. The summed E-state index contributed by atoms with van der Waals surface area (Å²) in [4.78, 5) is -0.338. The first-order chi connectivity index (χ1) is 5.00. The molecule has 0 aliphatic rings. The maximum absolute atomic E-state index is 10.3. The molecule has 0 radical (unpaired) electrons. The number of phenols is 1. The van der Waals surface area contributed by atoms with Gasteiger partial charge in [0.2, 0.25) is 0 Å².